The van der Waals surface area contributed by atoms with Crippen molar-refractivity contribution >= 4 is 172 Å². The molecule has 0 unspecified atom stereocenters. The van der Waals surface area contributed by atoms with E-state index in [0.717, 1.165) is 0 Å². The largest absolute Gasteiger partial charge is 0.422 e. The average Bonchev–Trinajstić information content (AvgIpc) is 3.75. The number of rotatable bonds is 10. The number of hydrogen-bond donors (Lipinski definition) is 2. The summed E-state index contributed by atoms with van der Waals surface area (Å²) >= 11 is 57.2. The van der Waals surface area contributed by atoms with Crippen molar-refractivity contribution in [2.24, 2.45) is 0 Å². The van der Waals surface area contributed by atoms with Crippen LogP contribution in [0.1, 0.15) is 81.2 Å². The third kappa shape index (κ3) is 14.7. The number of hydrogen-bond acceptors (Lipinski definition) is 12. The first-order valence-corrected chi connectivity index (χ1v) is 26.1. The van der Waals surface area contributed by atoms with Crippen molar-refractivity contribution in [1.29, 1.82) is 0 Å². The zero-order valence-electron chi connectivity index (χ0n) is 39.7. The molecule has 0 saturated carbocycles. The van der Waals surface area contributed by atoms with Crippen LogP contribution in [0.3, 0.4) is 0 Å². The fourth-order valence-corrected chi connectivity index (χ4v) is 9.99. The minimum atomic E-state index is -0.728. The number of aromatic nitrogens is 4. The summed E-state index contributed by atoms with van der Waals surface area (Å²) in [5.41, 5.74) is 2.21. The van der Waals surface area contributed by atoms with Crippen LogP contribution in [0.2, 0.25) is 45.2 Å². The third-order valence-corrected chi connectivity index (χ3v) is 13.1. The first-order valence-electron chi connectivity index (χ1n) is 21.9. The van der Waals surface area contributed by atoms with Crippen LogP contribution < -0.4 is 26.9 Å². The van der Waals surface area contributed by atoms with Gasteiger partial charge in [-0.1, -0.05) is 111 Å². The molecule has 0 fully saturated rings. The molecule has 26 heteroatoms. The molecule has 0 bridgehead atoms. The number of aryl methyl sites for hydroxylation is 1. The van der Waals surface area contributed by atoms with Crippen molar-refractivity contribution in [3.05, 3.63) is 172 Å². The zero-order chi connectivity index (χ0) is 55.6. The number of ether oxygens (including phenoxy) is 1. The molecule has 394 valence electrons. The lowest BCUT2D eigenvalue weighted by molar-refractivity contribution is -0.137. The van der Waals surface area contributed by atoms with E-state index in [1.807, 2.05) is 13.8 Å². The molecule has 1 aliphatic heterocycles. The Balaban J connectivity index is 0.000000197. The highest BCUT2D eigenvalue weighted by atomic mass is 79.9. The van der Waals surface area contributed by atoms with Crippen LogP contribution in [-0.4, -0.2) is 69.0 Å². The highest BCUT2D eigenvalue weighted by molar-refractivity contribution is 9.10. The summed E-state index contributed by atoms with van der Waals surface area (Å²) in [6.45, 7) is 8.58. The molecule has 16 nitrogen and oxygen atoms in total. The van der Waals surface area contributed by atoms with E-state index in [1.54, 1.807) is 50.4 Å². The van der Waals surface area contributed by atoms with Gasteiger partial charge in [0.25, 0.3) is 11.8 Å². The summed E-state index contributed by atoms with van der Waals surface area (Å²) in [6, 6.07) is 16.9. The van der Waals surface area contributed by atoms with Crippen LogP contribution in [0.5, 0.6) is 0 Å². The van der Waals surface area contributed by atoms with Crippen molar-refractivity contribution in [3.63, 3.8) is 0 Å². The van der Waals surface area contributed by atoms with E-state index < -0.39 is 35.1 Å². The predicted molar refractivity (Wildman–Crippen MR) is 300 cm³/mol. The van der Waals surface area contributed by atoms with Gasteiger partial charge in [-0.2, -0.15) is 5.10 Å². The second kappa shape index (κ2) is 27.2. The molecule has 4 heterocycles. The normalized spacial score (nSPS) is 11.5. The van der Waals surface area contributed by atoms with Crippen molar-refractivity contribution in [2.75, 3.05) is 30.4 Å². The summed E-state index contributed by atoms with van der Waals surface area (Å²) in [7, 11) is 1.48. The lowest BCUT2D eigenvalue weighted by atomic mass is 10.0. The molecule has 1 aliphatic rings. The highest BCUT2D eigenvalue weighted by Crippen LogP contribution is 2.36. The van der Waals surface area contributed by atoms with Gasteiger partial charge in [-0.25, -0.2) is 24.0 Å². The molecular formula is C49H39BrCl9N7O9. The first-order chi connectivity index (χ1) is 35.5. The van der Waals surface area contributed by atoms with E-state index in [2.05, 4.69) is 45.8 Å². The van der Waals surface area contributed by atoms with Crippen LogP contribution in [0.15, 0.2) is 91.5 Å². The van der Waals surface area contributed by atoms with Gasteiger partial charge in [-0.3, -0.25) is 23.7 Å². The fourth-order valence-electron chi connectivity index (χ4n) is 7.10. The van der Waals surface area contributed by atoms with Gasteiger partial charge in [0.05, 0.1) is 59.9 Å². The Hall–Kier alpha value is -5.18. The first kappa shape index (κ1) is 60.7. The number of esters is 2. The second-order valence-electron chi connectivity index (χ2n) is 15.1. The van der Waals surface area contributed by atoms with Crippen molar-refractivity contribution in [2.45, 2.75) is 47.1 Å². The number of Topliss-reactive ketones (excluding diaryl/α,β-unsaturated/α-hetero) is 1. The van der Waals surface area contributed by atoms with Gasteiger partial charge in [0.1, 0.15) is 10.3 Å². The van der Waals surface area contributed by atoms with E-state index in [0.29, 0.717) is 76.6 Å². The number of anilines is 2. The Morgan fingerprint density at radius 1 is 0.760 bits per heavy atom. The molecule has 7 aromatic rings. The minimum absolute atomic E-state index is 0.0110. The van der Waals surface area contributed by atoms with E-state index in [-0.39, 0.29) is 67.5 Å². The number of nitrogens with zero attached hydrogens (tertiary/aromatic N) is 5. The SMILES string of the molecule is CCN(C(=O)c1cc(Br)nn1-c1ncccc1Cl)c1c(Cl)cc(Cl)cc1C(=O)NC.CCNc1c(Cl)cc(Cl)cc1C(=O)CC.CCn1c(=O)oc(=O)c2cc(Cl)cc(Cl)c21.O=C1Cc2c(Cl)cc(Cl)cc2C(=O)O1. The summed E-state index contributed by atoms with van der Waals surface area (Å²) in [5, 5.41) is 13.1. The second-order valence-corrected chi connectivity index (χ2v) is 19.7. The van der Waals surface area contributed by atoms with Gasteiger partial charge in [0, 0.05) is 76.0 Å². The maximum atomic E-state index is 13.5. The number of pyridine rings is 1. The van der Waals surface area contributed by atoms with E-state index in [1.165, 1.54) is 57.6 Å². The fraction of sp³-hybridized carbons (Fsp3) is 0.204. The molecule has 2 N–H and O–H groups in total. The number of fused-ring (bicyclic) bond motifs is 2. The van der Waals surface area contributed by atoms with E-state index in [4.69, 9.17) is 104 Å². The number of amides is 2. The Labute approximate surface area is 481 Å². The molecular weight excluding hydrogens is 1230 g/mol. The Morgan fingerprint density at radius 3 is 1.99 bits per heavy atom. The lowest BCUT2D eigenvalue weighted by Crippen LogP contribution is -2.35. The number of carbonyl (C=O) groups is 5. The molecule has 0 saturated heterocycles. The van der Waals surface area contributed by atoms with Gasteiger partial charge in [0.2, 0.25) is 0 Å². The average molecular weight is 1270 g/mol. The Morgan fingerprint density at radius 2 is 1.37 bits per heavy atom. The molecule has 0 aliphatic carbocycles. The van der Waals surface area contributed by atoms with Gasteiger partial charge < -0.3 is 24.7 Å². The maximum Gasteiger partial charge on any atom is 0.422 e. The molecule has 0 radical (unpaired) electrons. The number of ketones is 1. The molecule has 0 spiro atoms. The van der Waals surface area contributed by atoms with Crippen LogP contribution in [0.4, 0.5) is 11.4 Å². The molecule has 0 atom stereocenters. The van der Waals surface area contributed by atoms with Crippen LogP contribution in [0, 0.1) is 0 Å². The topological polar surface area (TPSA) is 205 Å². The Bertz CT molecular complexity index is 3500. The van der Waals surface area contributed by atoms with E-state index >= 15 is 0 Å². The van der Waals surface area contributed by atoms with E-state index in [9.17, 15) is 33.6 Å². The van der Waals surface area contributed by atoms with Crippen LogP contribution in [-0.2, 0) is 22.5 Å². The number of nitrogens with one attached hydrogen (secondary N) is 2. The smallest absolute Gasteiger partial charge is 0.389 e. The lowest BCUT2D eigenvalue weighted by Gasteiger charge is -2.25. The molecule has 2 amide bonds. The number of carbonyl (C=O) groups excluding carboxylic acids is 5. The van der Waals surface area contributed by atoms with Gasteiger partial charge in [-0.05, 0) is 103 Å². The maximum absolute atomic E-state index is 13.5. The summed E-state index contributed by atoms with van der Waals surface area (Å²) in [4.78, 5) is 88.3. The monoisotopic (exact) mass is 1260 g/mol. The number of benzene rings is 4. The van der Waals surface area contributed by atoms with Crippen LogP contribution in [0.25, 0.3) is 16.7 Å². The molecule has 75 heavy (non-hydrogen) atoms. The molecule has 3 aromatic heterocycles. The number of cyclic esters (lactones) is 2. The zero-order valence-corrected chi connectivity index (χ0v) is 48.0. The summed E-state index contributed by atoms with van der Waals surface area (Å²) in [5.74, 6) is -2.56. The van der Waals surface area contributed by atoms with Gasteiger partial charge >= 0.3 is 23.3 Å². The predicted octanol–water partition coefficient (Wildman–Crippen LogP) is 13.5. The van der Waals surface area contributed by atoms with Crippen molar-refractivity contribution in [1.82, 2.24) is 24.6 Å². The van der Waals surface area contributed by atoms with Crippen molar-refractivity contribution < 1.29 is 33.1 Å². The van der Waals surface area contributed by atoms with Crippen LogP contribution >= 0.6 is 120 Å². The van der Waals surface area contributed by atoms with Gasteiger partial charge in [0.15, 0.2) is 11.6 Å². The third-order valence-electron chi connectivity index (χ3n) is 10.3. The summed E-state index contributed by atoms with van der Waals surface area (Å²) < 4.78 is 12.0. The summed E-state index contributed by atoms with van der Waals surface area (Å²) in [6.07, 6.45) is 1.99. The highest BCUT2D eigenvalue weighted by Gasteiger charge is 2.30. The van der Waals surface area contributed by atoms with Crippen molar-refractivity contribution in [3.8, 4) is 5.82 Å². The molecule has 8 rings (SSSR count). The van der Waals surface area contributed by atoms with Gasteiger partial charge in [-0.15, -0.1) is 0 Å². The standard InChI is InChI=1S/C19H15BrCl3N5O2.C11H13Cl2NO.C10H7Cl2NO3.C9H4Cl2O3/c1-3-27(16-11(18(29)24-2)7-10(21)8-13(16)23)19(30)14-9-15(20)26-28(14)17-12(22)5-4-6-25-17;1-3-10(15)8-5-7(12)6-9(13)11(8)14-4-2;1-2-13-8-6(9(14)16-10(13)15)3-5(11)4-7(8)12;10-4-1-6-5(7(11)2-4)3-8(12)14-9(6)13/h4-9H,3H2,1-2H3,(H,24,29);5-6,14H,3-4H2,1-2H3;3-4H,2H2,1H3;1-2H,3H2. The molecule has 4 aromatic carbocycles. The number of halogens is 10. The Kier molecular flexibility index (Phi) is 22.0. The minimum Gasteiger partial charge on any atom is -0.389 e. The quantitative estimate of drug-likeness (QED) is 0.0746.